The van der Waals surface area contributed by atoms with Crippen LogP contribution in [-0.2, 0) is 0 Å². The summed E-state index contributed by atoms with van der Waals surface area (Å²) in [4.78, 5) is 9.96. The van der Waals surface area contributed by atoms with Gasteiger partial charge in [-0.1, -0.05) is 19.1 Å². The lowest BCUT2D eigenvalue weighted by atomic mass is 9.98. The molecule has 0 radical (unpaired) electrons. The molecule has 1 aromatic rings. The molecule has 0 aromatic heterocycles. The topological polar surface area (TPSA) is 63.4 Å². The van der Waals surface area contributed by atoms with Crippen LogP contribution >= 0.6 is 0 Å². The number of non-ortho nitro benzene ring substituents is 1. The highest BCUT2D eigenvalue weighted by Crippen LogP contribution is 2.21. The van der Waals surface area contributed by atoms with E-state index in [1.165, 1.54) is 12.1 Å². The van der Waals surface area contributed by atoms with Crippen molar-refractivity contribution < 1.29 is 10.0 Å². The molecule has 0 saturated heterocycles. The lowest BCUT2D eigenvalue weighted by molar-refractivity contribution is -0.384. The Morgan fingerprint density at radius 2 is 2.00 bits per heavy atom. The van der Waals surface area contributed by atoms with E-state index >= 15 is 0 Å². The second-order valence-corrected chi connectivity index (χ2v) is 3.26. The summed E-state index contributed by atoms with van der Waals surface area (Å²) in [5.74, 6) is 0.237. The minimum atomic E-state index is -0.416. The lowest BCUT2D eigenvalue weighted by Crippen LogP contribution is -1.97. The molecular formula is C10H13NO3. The first kappa shape index (κ1) is 10.7. The van der Waals surface area contributed by atoms with Crippen LogP contribution in [0.2, 0.25) is 0 Å². The van der Waals surface area contributed by atoms with Crippen molar-refractivity contribution in [3.63, 3.8) is 0 Å². The molecule has 1 unspecified atom stereocenters. The highest BCUT2D eigenvalue weighted by molar-refractivity contribution is 5.34. The van der Waals surface area contributed by atoms with Crippen LogP contribution < -0.4 is 0 Å². The van der Waals surface area contributed by atoms with Gasteiger partial charge in [-0.15, -0.1) is 0 Å². The van der Waals surface area contributed by atoms with Crippen LogP contribution in [0.3, 0.4) is 0 Å². The first-order valence-corrected chi connectivity index (χ1v) is 4.50. The van der Waals surface area contributed by atoms with Crippen molar-refractivity contribution in [2.24, 2.45) is 0 Å². The minimum absolute atomic E-state index is 0.102. The predicted octanol–water partition coefficient (Wildman–Crippen LogP) is 2.08. The van der Waals surface area contributed by atoms with Gasteiger partial charge in [0.05, 0.1) is 4.92 Å². The normalized spacial score (nSPS) is 12.4. The highest BCUT2D eigenvalue weighted by atomic mass is 16.6. The summed E-state index contributed by atoms with van der Waals surface area (Å²) in [7, 11) is 0. The van der Waals surface area contributed by atoms with E-state index < -0.39 is 4.92 Å². The average molecular weight is 195 g/mol. The molecule has 1 rings (SSSR count). The second-order valence-electron chi connectivity index (χ2n) is 3.26. The molecule has 0 fully saturated rings. The number of hydrogen-bond acceptors (Lipinski definition) is 3. The molecule has 0 saturated carbocycles. The summed E-state index contributed by atoms with van der Waals surface area (Å²) in [6, 6.07) is 6.45. The molecule has 0 spiro atoms. The Balaban J connectivity index is 2.77. The van der Waals surface area contributed by atoms with E-state index in [1.54, 1.807) is 12.1 Å². The van der Waals surface area contributed by atoms with Crippen molar-refractivity contribution in [2.45, 2.75) is 19.3 Å². The van der Waals surface area contributed by atoms with Crippen LogP contribution in [0.15, 0.2) is 24.3 Å². The van der Waals surface area contributed by atoms with Gasteiger partial charge in [-0.2, -0.15) is 0 Å². The zero-order chi connectivity index (χ0) is 10.6. The van der Waals surface area contributed by atoms with Crippen molar-refractivity contribution in [1.29, 1.82) is 0 Å². The highest BCUT2D eigenvalue weighted by Gasteiger charge is 2.08. The maximum Gasteiger partial charge on any atom is 0.269 e. The molecule has 4 heteroatoms. The Morgan fingerprint density at radius 3 is 2.43 bits per heavy atom. The zero-order valence-electron chi connectivity index (χ0n) is 8.01. The number of nitro groups is 1. The molecule has 76 valence electrons. The van der Waals surface area contributed by atoms with Gasteiger partial charge in [0.25, 0.3) is 5.69 Å². The molecule has 14 heavy (non-hydrogen) atoms. The lowest BCUT2D eigenvalue weighted by Gasteiger charge is -2.08. The van der Waals surface area contributed by atoms with Gasteiger partial charge in [0, 0.05) is 18.7 Å². The predicted molar refractivity (Wildman–Crippen MR) is 53.2 cm³/mol. The molecule has 1 N–H and O–H groups in total. The van der Waals surface area contributed by atoms with Gasteiger partial charge in [0.15, 0.2) is 0 Å². The number of hydrogen-bond donors (Lipinski definition) is 1. The van der Waals surface area contributed by atoms with Gasteiger partial charge >= 0.3 is 0 Å². The van der Waals surface area contributed by atoms with Crippen molar-refractivity contribution >= 4 is 5.69 Å². The van der Waals surface area contributed by atoms with Crippen molar-refractivity contribution in [3.05, 3.63) is 39.9 Å². The fourth-order valence-electron chi connectivity index (χ4n) is 1.28. The quantitative estimate of drug-likeness (QED) is 0.591. The van der Waals surface area contributed by atoms with Crippen LogP contribution in [0.1, 0.15) is 24.8 Å². The van der Waals surface area contributed by atoms with E-state index in [0.717, 1.165) is 5.56 Å². The van der Waals surface area contributed by atoms with Gasteiger partial charge in [-0.05, 0) is 17.9 Å². The molecule has 0 bridgehead atoms. The first-order valence-electron chi connectivity index (χ1n) is 4.50. The number of aliphatic hydroxyl groups is 1. The van der Waals surface area contributed by atoms with Crippen LogP contribution in [0, 0.1) is 10.1 Å². The summed E-state index contributed by atoms with van der Waals surface area (Å²) in [5.41, 5.74) is 1.12. The maximum absolute atomic E-state index is 10.4. The minimum Gasteiger partial charge on any atom is -0.396 e. The first-order chi connectivity index (χ1) is 6.65. The van der Waals surface area contributed by atoms with Gasteiger partial charge in [0.2, 0.25) is 0 Å². The second kappa shape index (κ2) is 4.72. The Morgan fingerprint density at radius 1 is 1.43 bits per heavy atom. The SMILES string of the molecule is CC(CCO)c1ccc([N+](=O)[O-])cc1. The third-order valence-corrected chi connectivity index (χ3v) is 2.24. The third-order valence-electron chi connectivity index (χ3n) is 2.24. The van der Waals surface area contributed by atoms with E-state index in [-0.39, 0.29) is 18.2 Å². The number of nitrogens with zero attached hydrogens (tertiary/aromatic N) is 1. The monoisotopic (exact) mass is 195 g/mol. The molecule has 0 aliphatic heterocycles. The van der Waals surface area contributed by atoms with Crippen LogP contribution in [0.4, 0.5) is 5.69 Å². The summed E-state index contributed by atoms with van der Waals surface area (Å²) < 4.78 is 0. The largest absolute Gasteiger partial charge is 0.396 e. The molecule has 4 nitrogen and oxygen atoms in total. The Bertz CT molecular complexity index is 308. The molecule has 1 aromatic carbocycles. The standard InChI is InChI=1S/C10H13NO3/c1-8(6-7-12)9-2-4-10(5-3-9)11(13)14/h2-5,8,12H,6-7H2,1H3. The van der Waals surface area contributed by atoms with Crippen LogP contribution in [0.25, 0.3) is 0 Å². The van der Waals surface area contributed by atoms with E-state index in [0.29, 0.717) is 6.42 Å². The summed E-state index contributed by atoms with van der Waals surface area (Å²) >= 11 is 0. The summed E-state index contributed by atoms with van der Waals surface area (Å²) in [6.45, 7) is 2.12. The van der Waals surface area contributed by atoms with Crippen LogP contribution in [0.5, 0.6) is 0 Å². The third kappa shape index (κ3) is 2.53. The molecule has 0 aliphatic rings. The van der Waals surface area contributed by atoms with E-state index in [2.05, 4.69) is 0 Å². The molecule has 0 aliphatic carbocycles. The Kier molecular flexibility index (Phi) is 3.59. The summed E-state index contributed by atoms with van der Waals surface area (Å²) in [6.07, 6.45) is 0.678. The smallest absolute Gasteiger partial charge is 0.269 e. The molecule has 0 heterocycles. The number of aliphatic hydroxyl groups excluding tert-OH is 1. The number of nitro benzene ring substituents is 1. The van der Waals surface area contributed by atoms with Gasteiger partial charge < -0.3 is 5.11 Å². The van der Waals surface area contributed by atoms with E-state index in [1.807, 2.05) is 6.92 Å². The fourth-order valence-corrected chi connectivity index (χ4v) is 1.28. The fraction of sp³-hybridized carbons (Fsp3) is 0.400. The Hall–Kier alpha value is -1.42. The number of rotatable bonds is 4. The van der Waals surface area contributed by atoms with Gasteiger partial charge in [-0.25, -0.2) is 0 Å². The number of benzene rings is 1. The van der Waals surface area contributed by atoms with Crippen molar-refractivity contribution in [1.82, 2.24) is 0 Å². The van der Waals surface area contributed by atoms with Crippen LogP contribution in [-0.4, -0.2) is 16.6 Å². The Labute approximate surface area is 82.3 Å². The van der Waals surface area contributed by atoms with Gasteiger partial charge in [-0.3, -0.25) is 10.1 Å². The summed E-state index contributed by atoms with van der Waals surface area (Å²) in [5, 5.41) is 19.1. The van der Waals surface area contributed by atoms with Crippen molar-refractivity contribution in [3.8, 4) is 0 Å². The maximum atomic E-state index is 10.4. The molecular weight excluding hydrogens is 182 g/mol. The van der Waals surface area contributed by atoms with Gasteiger partial charge in [0.1, 0.15) is 0 Å². The molecule has 0 amide bonds. The molecule has 1 atom stereocenters. The zero-order valence-corrected chi connectivity index (χ0v) is 8.01. The van der Waals surface area contributed by atoms with E-state index in [4.69, 9.17) is 5.11 Å². The van der Waals surface area contributed by atoms with Crippen molar-refractivity contribution in [2.75, 3.05) is 6.61 Å². The average Bonchev–Trinajstić information content (AvgIpc) is 2.18. The van der Waals surface area contributed by atoms with E-state index in [9.17, 15) is 10.1 Å².